The first kappa shape index (κ1) is 16.2. The largest absolute Gasteiger partial charge is 0.441 e. The predicted molar refractivity (Wildman–Crippen MR) is 82.4 cm³/mol. The molecule has 1 unspecified atom stereocenters. The summed E-state index contributed by atoms with van der Waals surface area (Å²) in [6.45, 7) is 2.32. The molecule has 0 aliphatic carbocycles. The summed E-state index contributed by atoms with van der Waals surface area (Å²) in [7, 11) is 0. The minimum atomic E-state index is -2.87. The van der Waals surface area contributed by atoms with Gasteiger partial charge in [-0.25, -0.2) is 13.6 Å². The first-order chi connectivity index (χ1) is 11.0. The van der Waals surface area contributed by atoms with Crippen LogP contribution in [-0.2, 0) is 4.74 Å². The lowest BCUT2D eigenvalue weighted by atomic mass is 9.70. The number of carbonyl (C=O) groups is 1. The second-order valence-corrected chi connectivity index (χ2v) is 6.45. The normalized spacial score (nSPS) is 23.2. The summed E-state index contributed by atoms with van der Waals surface area (Å²) >= 11 is 0. The number of amides is 1. The molecule has 1 amide bonds. The van der Waals surface area contributed by atoms with Crippen LogP contribution in [-0.4, -0.2) is 43.1 Å². The van der Waals surface area contributed by atoms with Crippen LogP contribution >= 0.6 is 0 Å². The van der Waals surface area contributed by atoms with E-state index in [0.717, 1.165) is 10.5 Å². The summed E-state index contributed by atoms with van der Waals surface area (Å²) in [5.41, 5.74) is -0.0975. The van der Waals surface area contributed by atoms with E-state index in [2.05, 4.69) is 5.32 Å². The Morgan fingerprint density at radius 2 is 2.04 bits per heavy atom. The van der Waals surface area contributed by atoms with Crippen molar-refractivity contribution in [1.82, 2.24) is 10.2 Å². The highest BCUT2D eigenvalue weighted by molar-refractivity contribution is 5.68. The van der Waals surface area contributed by atoms with E-state index in [1.54, 1.807) is 0 Å². The summed E-state index contributed by atoms with van der Waals surface area (Å²) in [6, 6.07) is 9.38. The number of hydrogen-bond donors (Lipinski definition) is 1. The molecular formula is C17H22F2N2O2. The van der Waals surface area contributed by atoms with E-state index in [1.165, 1.54) is 0 Å². The zero-order valence-electron chi connectivity index (χ0n) is 13.2. The van der Waals surface area contributed by atoms with E-state index in [-0.39, 0.29) is 0 Å². The van der Waals surface area contributed by atoms with Gasteiger partial charge in [-0.15, -0.1) is 0 Å². The lowest BCUT2D eigenvalue weighted by Crippen LogP contribution is -2.69. The third-order valence-electron chi connectivity index (χ3n) is 5.00. The van der Waals surface area contributed by atoms with Crippen LogP contribution in [0.25, 0.3) is 0 Å². The molecule has 0 aromatic heterocycles. The highest BCUT2D eigenvalue weighted by atomic mass is 19.3. The number of alkyl halides is 2. The van der Waals surface area contributed by atoms with Crippen LogP contribution in [0.15, 0.2) is 30.3 Å². The Labute approximate surface area is 134 Å². The molecule has 2 aliphatic rings. The van der Waals surface area contributed by atoms with Gasteiger partial charge in [0.1, 0.15) is 6.10 Å². The number of nitrogens with one attached hydrogen (secondary N) is 1. The molecule has 1 atom stereocenters. The molecule has 2 heterocycles. The fourth-order valence-corrected chi connectivity index (χ4v) is 3.29. The lowest BCUT2D eigenvalue weighted by molar-refractivity contribution is -0.184. The average Bonchev–Trinajstić information content (AvgIpc) is 2.50. The molecule has 1 aromatic rings. The fourth-order valence-electron chi connectivity index (χ4n) is 3.29. The van der Waals surface area contributed by atoms with Crippen LogP contribution in [0.2, 0.25) is 0 Å². The van der Waals surface area contributed by atoms with Gasteiger partial charge in [0.05, 0.1) is 12.0 Å². The summed E-state index contributed by atoms with van der Waals surface area (Å²) < 4.78 is 34.2. The van der Waals surface area contributed by atoms with Crippen LogP contribution < -0.4 is 5.32 Å². The van der Waals surface area contributed by atoms with Crippen molar-refractivity contribution < 1.29 is 18.3 Å². The summed E-state index contributed by atoms with van der Waals surface area (Å²) in [5.74, 6) is -2.87. The van der Waals surface area contributed by atoms with Crippen molar-refractivity contribution in [3.8, 4) is 0 Å². The van der Waals surface area contributed by atoms with Crippen molar-refractivity contribution in [2.75, 3.05) is 26.2 Å². The third-order valence-corrected chi connectivity index (χ3v) is 5.00. The zero-order chi connectivity index (χ0) is 16.5. The Bertz CT molecular complexity index is 561. The van der Waals surface area contributed by atoms with Crippen LogP contribution in [0.4, 0.5) is 13.6 Å². The van der Waals surface area contributed by atoms with Crippen molar-refractivity contribution in [2.45, 2.75) is 31.8 Å². The predicted octanol–water partition coefficient (Wildman–Crippen LogP) is 3.20. The van der Waals surface area contributed by atoms with Crippen LogP contribution in [0.3, 0.4) is 0 Å². The Balaban J connectivity index is 1.64. The van der Waals surface area contributed by atoms with Crippen LogP contribution in [0.1, 0.15) is 31.4 Å². The van der Waals surface area contributed by atoms with E-state index in [9.17, 15) is 13.6 Å². The Kier molecular flexibility index (Phi) is 4.27. The second-order valence-electron chi connectivity index (χ2n) is 6.45. The van der Waals surface area contributed by atoms with Crippen molar-refractivity contribution >= 4 is 6.09 Å². The number of nitrogens with zero attached hydrogens (tertiary/aromatic N) is 1. The molecule has 1 N–H and O–H groups in total. The Morgan fingerprint density at radius 1 is 1.35 bits per heavy atom. The van der Waals surface area contributed by atoms with Gasteiger partial charge in [0.25, 0.3) is 5.92 Å². The molecule has 1 aromatic carbocycles. The van der Waals surface area contributed by atoms with E-state index in [4.69, 9.17) is 4.74 Å². The molecule has 1 spiro atoms. The number of likely N-dealkylation sites (tertiary alicyclic amines) is 1. The smallest absolute Gasteiger partial charge is 0.410 e. The standard InChI is InChI=1S/C17H22F2N2O2/c1-2-14(13-6-4-3-5-7-13)23-15(22)21-9-8-16(10-20-11-16)17(18,19)12-21/h3-7,14,20H,2,8-12H2,1H3. The van der Waals surface area contributed by atoms with Gasteiger partial charge in [-0.1, -0.05) is 37.3 Å². The van der Waals surface area contributed by atoms with Crippen LogP contribution in [0, 0.1) is 5.41 Å². The molecule has 2 fully saturated rings. The van der Waals surface area contributed by atoms with E-state index in [0.29, 0.717) is 32.5 Å². The SMILES string of the molecule is CCC(OC(=O)N1CCC2(CNC2)C(F)(F)C1)c1ccccc1. The van der Waals surface area contributed by atoms with Gasteiger partial charge in [0.15, 0.2) is 0 Å². The average molecular weight is 324 g/mol. The second kappa shape index (κ2) is 6.07. The Morgan fingerprint density at radius 3 is 2.57 bits per heavy atom. The molecule has 0 bridgehead atoms. The Hall–Kier alpha value is -1.69. The van der Waals surface area contributed by atoms with Crippen molar-refractivity contribution in [2.24, 2.45) is 5.41 Å². The quantitative estimate of drug-likeness (QED) is 0.928. The molecule has 2 aliphatic heterocycles. The fraction of sp³-hybridized carbons (Fsp3) is 0.588. The minimum absolute atomic E-state index is 0.310. The molecule has 2 saturated heterocycles. The number of hydrogen-bond acceptors (Lipinski definition) is 3. The van der Waals surface area contributed by atoms with Crippen molar-refractivity contribution in [1.29, 1.82) is 0 Å². The molecule has 126 valence electrons. The summed E-state index contributed by atoms with van der Waals surface area (Å²) in [6.07, 6.45) is -0.140. The highest BCUT2D eigenvalue weighted by Gasteiger charge is 2.60. The van der Waals surface area contributed by atoms with Gasteiger partial charge < -0.3 is 15.0 Å². The maximum absolute atomic E-state index is 14.4. The summed E-state index contributed by atoms with van der Waals surface area (Å²) in [5, 5.41) is 2.92. The maximum atomic E-state index is 14.4. The number of benzene rings is 1. The molecule has 4 nitrogen and oxygen atoms in total. The van der Waals surface area contributed by atoms with Gasteiger partial charge in [-0.05, 0) is 18.4 Å². The first-order valence-corrected chi connectivity index (χ1v) is 8.06. The lowest BCUT2D eigenvalue weighted by Gasteiger charge is -2.52. The molecule has 0 saturated carbocycles. The molecule has 3 rings (SSSR count). The molecule has 0 radical (unpaired) electrons. The van der Waals surface area contributed by atoms with E-state index >= 15 is 0 Å². The minimum Gasteiger partial charge on any atom is -0.441 e. The maximum Gasteiger partial charge on any atom is 0.410 e. The van der Waals surface area contributed by atoms with Gasteiger partial charge in [-0.3, -0.25) is 0 Å². The monoisotopic (exact) mass is 324 g/mol. The number of rotatable bonds is 3. The van der Waals surface area contributed by atoms with Gasteiger partial charge in [0.2, 0.25) is 0 Å². The number of halogens is 2. The van der Waals surface area contributed by atoms with Gasteiger partial charge in [-0.2, -0.15) is 0 Å². The topological polar surface area (TPSA) is 41.6 Å². The zero-order valence-corrected chi connectivity index (χ0v) is 13.2. The van der Waals surface area contributed by atoms with E-state index in [1.807, 2.05) is 37.3 Å². The van der Waals surface area contributed by atoms with Gasteiger partial charge >= 0.3 is 6.09 Å². The molecular weight excluding hydrogens is 302 g/mol. The summed E-state index contributed by atoms with van der Waals surface area (Å²) in [4.78, 5) is 13.4. The number of piperidine rings is 1. The van der Waals surface area contributed by atoms with Crippen molar-refractivity contribution in [3.63, 3.8) is 0 Å². The first-order valence-electron chi connectivity index (χ1n) is 8.06. The molecule has 6 heteroatoms. The third kappa shape index (κ3) is 2.92. The highest BCUT2D eigenvalue weighted by Crippen LogP contribution is 2.46. The molecule has 23 heavy (non-hydrogen) atoms. The van der Waals surface area contributed by atoms with Crippen LogP contribution in [0.5, 0.6) is 0 Å². The van der Waals surface area contributed by atoms with Crippen molar-refractivity contribution in [3.05, 3.63) is 35.9 Å². The number of carbonyl (C=O) groups excluding carboxylic acids is 1. The van der Waals surface area contributed by atoms with E-state index < -0.39 is 30.1 Å². The number of ether oxygens (including phenoxy) is 1. The van der Waals surface area contributed by atoms with Gasteiger partial charge in [0, 0.05) is 19.6 Å².